The fraction of sp³-hybridized carbons (Fsp3) is 0.250. The van der Waals surface area contributed by atoms with Gasteiger partial charge >= 0.3 is 0 Å². The van der Waals surface area contributed by atoms with Crippen molar-refractivity contribution >= 4 is 17.6 Å². The van der Waals surface area contributed by atoms with Gasteiger partial charge in [0.25, 0.3) is 0 Å². The quantitative estimate of drug-likeness (QED) is 0.655. The Labute approximate surface area is 109 Å². The molecule has 0 unspecified atom stereocenters. The first-order valence-corrected chi connectivity index (χ1v) is 6.22. The summed E-state index contributed by atoms with van der Waals surface area (Å²) in [5.74, 6) is 0.823. The second-order valence-electron chi connectivity index (χ2n) is 3.95. The highest BCUT2D eigenvalue weighted by Crippen LogP contribution is 2.32. The summed E-state index contributed by atoms with van der Waals surface area (Å²) in [7, 11) is 0. The predicted octanol–water partition coefficient (Wildman–Crippen LogP) is 2.43. The van der Waals surface area contributed by atoms with Crippen LogP contribution < -0.4 is 5.73 Å². The van der Waals surface area contributed by atoms with E-state index in [-0.39, 0.29) is 5.84 Å². The van der Waals surface area contributed by atoms with Crippen molar-refractivity contribution in [1.82, 2.24) is 10.2 Å². The molecule has 0 atom stereocenters. The summed E-state index contributed by atoms with van der Waals surface area (Å²) in [4.78, 5) is 0.954. The lowest BCUT2D eigenvalue weighted by Crippen LogP contribution is -2.16. The molecule has 0 radical (unpaired) electrons. The molecule has 0 aliphatic carbocycles. The maximum atomic E-state index is 7.67. The van der Waals surface area contributed by atoms with E-state index in [1.165, 1.54) is 11.8 Å². The van der Waals surface area contributed by atoms with Crippen LogP contribution in [0.4, 0.5) is 0 Å². The summed E-state index contributed by atoms with van der Waals surface area (Å²) < 4.78 is 5.24. The normalized spacial score (nSPS) is 10.6. The van der Waals surface area contributed by atoms with Crippen molar-refractivity contribution in [2.75, 3.05) is 0 Å². The van der Waals surface area contributed by atoms with Gasteiger partial charge in [-0.15, -0.1) is 5.10 Å². The highest BCUT2D eigenvalue weighted by Gasteiger charge is 2.16. The summed E-state index contributed by atoms with van der Waals surface area (Å²) in [5, 5.41) is 16.5. The van der Waals surface area contributed by atoms with E-state index in [9.17, 15) is 0 Å². The van der Waals surface area contributed by atoms with Crippen molar-refractivity contribution in [3.8, 4) is 0 Å². The van der Waals surface area contributed by atoms with Gasteiger partial charge in [-0.3, -0.25) is 5.41 Å². The van der Waals surface area contributed by atoms with Crippen molar-refractivity contribution in [2.45, 2.75) is 30.7 Å². The van der Waals surface area contributed by atoms with E-state index >= 15 is 0 Å². The minimum atomic E-state index is 0.00847. The minimum absolute atomic E-state index is 0.00847. The van der Waals surface area contributed by atoms with E-state index in [4.69, 9.17) is 15.6 Å². The summed E-state index contributed by atoms with van der Waals surface area (Å²) >= 11 is 1.41. The van der Waals surface area contributed by atoms with Gasteiger partial charge in [-0.1, -0.05) is 11.8 Å². The number of amidine groups is 1. The molecule has 18 heavy (non-hydrogen) atoms. The largest absolute Gasteiger partial charge is 0.468 e. The summed E-state index contributed by atoms with van der Waals surface area (Å²) in [6, 6.07) is 1.86. The lowest BCUT2D eigenvalue weighted by atomic mass is 10.1. The van der Waals surface area contributed by atoms with Crippen LogP contribution in [0.3, 0.4) is 0 Å². The topological polar surface area (TPSA) is 88.8 Å². The number of nitrogens with zero attached hydrogens (tertiary/aromatic N) is 2. The van der Waals surface area contributed by atoms with E-state index in [1.54, 1.807) is 6.26 Å². The molecule has 0 saturated carbocycles. The van der Waals surface area contributed by atoms with Crippen LogP contribution in [0.25, 0.3) is 0 Å². The van der Waals surface area contributed by atoms with Crippen molar-refractivity contribution in [2.24, 2.45) is 5.73 Å². The Morgan fingerprint density at radius 2 is 2.06 bits per heavy atom. The molecule has 0 fully saturated rings. The van der Waals surface area contributed by atoms with Gasteiger partial charge in [0.1, 0.15) is 16.6 Å². The molecule has 0 spiro atoms. The molecule has 2 heterocycles. The number of rotatable bonds is 3. The van der Waals surface area contributed by atoms with Crippen LogP contribution in [0, 0.1) is 26.2 Å². The second kappa shape index (κ2) is 4.81. The molecule has 2 aromatic rings. The van der Waals surface area contributed by atoms with E-state index in [1.807, 2.05) is 26.8 Å². The van der Waals surface area contributed by atoms with Crippen LogP contribution in [0.2, 0.25) is 0 Å². The zero-order valence-electron chi connectivity index (χ0n) is 10.4. The van der Waals surface area contributed by atoms with Crippen LogP contribution in [-0.2, 0) is 0 Å². The highest BCUT2D eigenvalue weighted by atomic mass is 32.2. The Bertz CT molecular complexity index is 606. The Morgan fingerprint density at radius 3 is 2.61 bits per heavy atom. The predicted molar refractivity (Wildman–Crippen MR) is 70.1 cm³/mol. The first-order chi connectivity index (χ1) is 8.50. The standard InChI is InChI=1S/C12H14N4OS/c1-6-7(2)15-16-12(10(6)11(13)14)18-9-4-5-17-8(9)3/h4-5H,1-3H3,(H3,13,14). The van der Waals surface area contributed by atoms with Gasteiger partial charge in [0.2, 0.25) is 0 Å². The Balaban J connectivity index is 2.48. The second-order valence-corrected chi connectivity index (χ2v) is 4.98. The number of hydrogen-bond donors (Lipinski definition) is 2. The molecule has 2 aromatic heterocycles. The molecular formula is C12H14N4OS. The minimum Gasteiger partial charge on any atom is -0.468 e. The zero-order chi connectivity index (χ0) is 13.3. The maximum absolute atomic E-state index is 7.67. The number of nitrogen functional groups attached to an aromatic ring is 1. The van der Waals surface area contributed by atoms with Crippen LogP contribution in [0.5, 0.6) is 0 Å². The zero-order valence-corrected chi connectivity index (χ0v) is 11.3. The van der Waals surface area contributed by atoms with Gasteiger partial charge in [0.15, 0.2) is 0 Å². The summed E-state index contributed by atoms with van der Waals surface area (Å²) in [5.41, 5.74) is 7.95. The molecule has 0 aliphatic rings. The molecule has 0 saturated heterocycles. The maximum Gasteiger partial charge on any atom is 0.135 e. The third-order valence-electron chi connectivity index (χ3n) is 2.71. The molecule has 5 nitrogen and oxygen atoms in total. The van der Waals surface area contributed by atoms with Crippen LogP contribution >= 0.6 is 11.8 Å². The van der Waals surface area contributed by atoms with Crippen molar-refractivity contribution in [3.63, 3.8) is 0 Å². The number of nitrogens with one attached hydrogen (secondary N) is 1. The average Bonchev–Trinajstić information content (AvgIpc) is 2.69. The van der Waals surface area contributed by atoms with E-state index in [0.717, 1.165) is 21.9 Å². The van der Waals surface area contributed by atoms with Gasteiger partial charge in [0.05, 0.1) is 22.4 Å². The highest BCUT2D eigenvalue weighted by molar-refractivity contribution is 7.99. The number of hydrogen-bond acceptors (Lipinski definition) is 5. The van der Waals surface area contributed by atoms with Gasteiger partial charge < -0.3 is 10.2 Å². The van der Waals surface area contributed by atoms with Gasteiger partial charge in [-0.2, -0.15) is 5.10 Å². The van der Waals surface area contributed by atoms with Crippen molar-refractivity contribution in [1.29, 1.82) is 5.41 Å². The van der Waals surface area contributed by atoms with Crippen LogP contribution in [0.1, 0.15) is 22.6 Å². The third kappa shape index (κ3) is 2.24. The third-order valence-corrected chi connectivity index (χ3v) is 3.83. The number of aryl methyl sites for hydroxylation is 2. The lowest BCUT2D eigenvalue weighted by molar-refractivity contribution is 0.527. The van der Waals surface area contributed by atoms with Crippen molar-refractivity contribution in [3.05, 3.63) is 34.9 Å². The summed E-state index contributed by atoms with van der Waals surface area (Å²) in [6.45, 7) is 5.63. The van der Waals surface area contributed by atoms with Gasteiger partial charge in [0, 0.05) is 0 Å². The van der Waals surface area contributed by atoms with Crippen LogP contribution in [0.15, 0.2) is 26.7 Å². The van der Waals surface area contributed by atoms with E-state index in [0.29, 0.717) is 10.6 Å². The molecule has 0 bridgehead atoms. The van der Waals surface area contributed by atoms with E-state index < -0.39 is 0 Å². The molecule has 0 aromatic carbocycles. The molecule has 6 heteroatoms. The van der Waals surface area contributed by atoms with Gasteiger partial charge in [-0.25, -0.2) is 0 Å². The van der Waals surface area contributed by atoms with Gasteiger partial charge in [-0.05, 0) is 32.4 Å². The molecule has 94 valence electrons. The Hall–Kier alpha value is -1.82. The molecule has 0 amide bonds. The monoisotopic (exact) mass is 262 g/mol. The fourth-order valence-electron chi connectivity index (χ4n) is 1.56. The molecule has 3 N–H and O–H groups in total. The number of nitrogens with two attached hydrogens (primary N) is 1. The number of aromatic nitrogens is 2. The van der Waals surface area contributed by atoms with Crippen molar-refractivity contribution < 1.29 is 4.42 Å². The molecule has 2 rings (SSSR count). The van der Waals surface area contributed by atoms with E-state index in [2.05, 4.69) is 10.2 Å². The SMILES string of the molecule is Cc1nnc(Sc2ccoc2C)c(C(=N)N)c1C. The smallest absolute Gasteiger partial charge is 0.135 e. The number of furan rings is 1. The molecular weight excluding hydrogens is 248 g/mol. The fourth-order valence-corrected chi connectivity index (χ4v) is 2.53. The molecule has 0 aliphatic heterocycles. The Morgan fingerprint density at radius 1 is 1.33 bits per heavy atom. The first kappa shape index (κ1) is 12.6. The lowest BCUT2D eigenvalue weighted by Gasteiger charge is -2.10. The average molecular weight is 262 g/mol. The van der Waals surface area contributed by atoms with Crippen LogP contribution in [-0.4, -0.2) is 16.0 Å². The Kier molecular flexibility index (Phi) is 3.38. The summed E-state index contributed by atoms with van der Waals surface area (Å²) in [6.07, 6.45) is 1.62. The first-order valence-electron chi connectivity index (χ1n) is 5.41.